The van der Waals surface area contributed by atoms with Crippen LogP contribution in [0, 0.1) is 0 Å². The Hall–Kier alpha value is -0.240. The summed E-state index contributed by atoms with van der Waals surface area (Å²) in [6.45, 7) is 5.79. The fourth-order valence-corrected chi connectivity index (χ4v) is 2.36. The lowest BCUT2D eigenvalue weighted by Gasteiger charge is -2.27. The highest BCUT2D eigenvalue weighted by atomic mass is 16.8. The molecule has 2 fully saturated rings. The van der Waals surface area contributed by atoms with Gasteiger partial charge in [-0.15, -0.1) is 0 Å². The Kier molecular flexibility index (Phi) is 4.25. The molecule has 2 heterocycles. The molecule has 2 rings (SSSR count). The van der Waals surface area contributed by atoms with Crippen LogP contribution in [0.5, 0.6) is 0 Å². The molecule has 0 amide bonds. The third-order valence-electron chi connectivity index (χ3n) is 3.11. The Morgan fingerprint density at radius 3 is 2.67 bits per heavy atom. The van der Waals surface area contributed by atoms with E-state index in [4.69, 9.17) is 24.1 Å². The molecule has 6 heteroatoms. The van der Waals surface area contributed by atoms with Gasteiger partial charge >= 0.3 is 0 Å². The molecule has 106 valence electrons. The molecule has 2 aliphatic rings. The lowest BCUT2D eigenvalue weighted by molar-refractivity contribution is -0.231. The molecule has 0 bridgehead atoms. The summed E-state index contributed by atoms with van der Waals surface area (Å²) in [5.74, 6) is -0.710. The fourth-order valence-electron chi connectivity index (χ4n) is 2.36. The van der Waals surface area contributed by atoms with E-state index in [1.807, 2.05) is 20.8 Å². The van der Waals surface area contributed by atoms with E-state index in [9.17, 15) is 5.11 Å². The second kappa shape index (κ2) is 5.40. The third-order valence-corrected chi connectivity index (χ3v) is 3.11. The lowest BCUT2D eigenvalue weighted by Crippen LogP contribution is -2.44. The second-order valence-corrected chi connectivity index (χ2v) is 5.15. The maximum absolute atomic E-state index is 9.75. The molecule has 2 saturated heterocycles. The molecule has 0 spiro atoms. The van der Waals surface area contributed by atoms with Gasteiger partial charge in [-0.1, -0.05) is 6.92 Å². The number of hydrogen-bond acceptors (Lipinski definition) is 6. The van der Waals surface area contributed by atoms with E-state index in [0.717, 1.165) is 6.42 Å². The standard InChI is InChI=1S/C12H22O6/c1-4-5-15-9-8(7(14)6-13)16-11-10(9)17-12(2,3)18-11/h7-11,13-14H,4-6H2,1-3H3/t7-,8?,9?,10?,11?/m1/s1. The summed E-state index contributed by atoms with van der Waals surface area (Å²) in [6.07, 6.45) is -2.08. The van der Waals surface area contributed by atoms with Crippen molar-refractivity contribution in [2.75, 3.05) is 13.2 Å². The third kappa shape index (κ3) is 2.68. The van der Waals surface area contributed by atoms with Crippen molar-refractivity contribution in [3.63, 3.8) is 0 Å². The second-order valence-electron chi connectivity index (χ2n) is 5.15. The highest BCUT2D eigenvalue weighted by molar-refractivity contribution is 4.96. The predicted molar refractivity (Wildman–Crippen MR) is 61.8 cm³/mol. The van der Waals surface area contributed by atoms with Gasteiger partial charge in [0.15, 0.2) is 12.1 Å². The first-order chi connectivity index (χ1) is 8.48. The maximum atomic E-state index is 9.75. The van der Waals surface area contributed by atoms with Crippen LogP contribution < -0.4 is 0 Å². The number of aliphatic hydroxyl groups is 2. The molecule has 0 aliphatic carbocycles. The highest BCUT2D eigenvalue weighted by Gasteiger charge is 2.56. The Balaban J connectivity index is 2.07. The molecule has 6 nitrogen and oxygen atoms in total. The van der Waals surface area contributed by atoms with Crippen LogP contribution in [0.3, 0.4) is 0 Å². The summed E-state index contributed by atoms with van der Waals surface area (Å²) in [4.78, 5) is 0. The van der Waals surface area contributed by atoms with Crippen LogP contribution in [-0.2, 0) is 18.9 Å². The number of rotatable bonds is 5. The Bertz CT molecular complexity index is 282. The van der Waals surface area contributed by atoms with Gasteiger partial charge in [-0.25, -0.2) is 0 Å². The zero-order chi connectivity index (χ0) is 13.3. The highest BCUT2D eigenvalue weighted by Crippen LogP contribution is 2.39. The molecule has 0 radical (unpaired) electrons. The molecule has 2 aliphatic heterocycles. The fraction of sp³-hybridized carbons (Fsp3) is 1.00. The normalized spacial score (nSPS) is 39.8. The largest absolute Gasteiger partial charge is 0.394 e. The van der Waals surface area contributed by atoms with Gasteiger partial charge in [-0.3, -0.25) is 0 Å². The van der Waals surface area contributed by atoms with Gasteiger partial charge < -0.3 is 29.2 Å². The van der Waals surface area contributed by atoms with Crippen LogP contribution in [0.1, 0.15) is 27.2 Å². The van der Waals surface area contributed by atoms with Crippen molar-refractivity contribution in [1.82, 2.24) is 0 Å². The van der Waals surface area contributed by atoms with Crippen LogP contribution in [0.2, 0.25) is 0 Å². The molecule has 0 saturated carbocycles. The Morgan fingerprint density at radius 1 is 1.33 bits per heavy atom. The summed E-state index contributed by atoms with van der Waals surface area (Å²) in [6, 6.07) is 0. The molecule has 5 atom stereocenters. The summed E-state index contributed by atoms with van der Waals surface area (Å²) in [7, 11) is 0. The molecule has 4 unspecified atom stereocenters. The first-order valence-corrected chi connectivity index (χ1v) is 6.40. The van der Waals surface area contributed by atoms with E-state index in [0.29, 0.717) is 6.61 Å². The quantitative estimate of drug-likeness (QED) is 0.727. The summed E-state index contributed by atoms with van der Waals surface area (Å²) in [5.41, 5.74) is 0. The zero-order valence-corrected chi connectivity index (χ0v) is 11.0. The summed E-state index contributed by atoms with van der Waals surface area (Å²) in [5, 5.41) is 18.8. The summed E-state index contributed by atoms with van der Waals surface area (Å²) < 4.78 is 22.6. The van der Waals surface area contributed by atoms with Gasteiger partial charge in [0.2, 0.25) is 0 Å². The van der Waals surface area contributed by atoms with Crippen molar-refractivity contribution >= 4 is 0 Å². The Morgan fingerprint density at radius 2 is 2.06 bits per heavy atom. The van der Waals surface area contributed by atoms with Crippen LogP contribution in [0.4, 0.5) is 0 Å². The van der Waals surface area contributed by atoms with Crippen molar-refractivity contribution in [1.29, 1.82) is 0 Å². The average molecular weight is 262 g/mol. The predicted octanol–water partition coefficient (Wildman–Crippen LogP) is 0.0112. The van der Waals surface area contributed by atoms with Crippen molar-refractivity contribution in [3.8, 4) is 0 Å². The van der Waals surface area contributed by atoms with E-state index in [2.05, 4.69) is 0 Å². The van der Waals surface area contributed by atoms with Crippen LogP contribution >= 0.6 is 0 Å². The van der Waals surface area contributed by atoms with Crippen molar-refractivity contribution in [2.24, 2.45) is 0 Å². The van der Waals surface area contributed by atoms with E-state index >= 15 is 0 Å². The minimum atomic E-state index is -0.993. The van der Waals surface area contributed by atoms with Crippen LogP contribution in [0.15, 0.2) is 0 Å². The maximum Gasteiger partial charge on any atom is 0.190 e. The van der Waals surface area contributed by atoms with Gasteiger partial charge in [0, 0.05) is 6.61 Å². The topological polar surface area (TPSA) is 77.4 Å². The molecule has 18 heavy (non-hydrogen) atoms. The van der Waals surface area contributed by atoms with Crippen LogP contribution in [-0.4, -0.2) is 59.9 Å². The smallest absolute Gasteiger partial charge is 0.190 e. The van der Waals surface area contributed by atoms with E-state index in [1.165, 1.54) is 0 Å². The monoisotopic (exact) mass is 262 g/mol. The van der Waals surface area contributed by atoms with E-state index in [-0.39, 0.29) is 12.7 Å². The van der Waals surface area contributed by atoms with Gasteiger partial charge in [0.25, 0.3) is 0 Å². The lowest BCUT2D eigenvalue weighted by atomic mass is 10.1. The van der Waals surface area contributed by atoms with Crippen molar-refractivity contribution in [2.45, 2.75) is 63.7 Å². The molecule has 0 aromatic carbocycles. The molecular weight excluding hydrogens is 240 g/mol. The van der Waals surface area contributed by atoms with Crippen molar-refractivity contribution < 1.29 is 29.2 Å². The average Bonchev–Trinajstić information content (AvgIpc) is 2.77. The zero-order valence-electron chi connectivity index (χ0n) is 11.0. The molecule has 2 N–H and O–H groups in total. The number of hydrogen-bond donors (Lipinski definition) is 2. The van der Waals surface area contributed by atoms with Gasteiger partial charge in [0.05, 0.1) is 6.61 Å². The Labute approximate surface area is 107 Å². The number of fused-ring (bicyclic) bond motifs is 1. The minimum Gasteiger partial charge on any atom is -0.394 e. The van der Waals surface area contributed by atoms with Gasteiger partial charge in [0.1, 0.15) is 24.4 Å². The first-order valence-electron chi connectivity index (χ1n) is 6.40. The van der Waals surface area contributed by atoms with Gasteiger partial charge in [-0.05, 0) is 20.3 Å². The summed E-state index contributed by atoms with van der Waals surface area (Å²) >= 11 is 0. The molecular formula is C12H22O6. The number of aliphatic hydroxyl groups excluding tert-OH is 2. The molecule has 0 aromatic heterocycles. The van der Waals surface area contributed by atoms with Gasteiger partial charge in [-0.2, -0.15) is 0 Å². The molecule has 0 aromatic rings. The van der Waals surface area contributed by atoms with E-state index < -0.39 is 30.4 Å². The number of ether oxygens (including phenoxy) is 4. The first kappa shape index (κ1) is 14.2. The van der Waals surface area contributed by atoms with Crippen molar-refractivity contribution in [3.05, 3.63) is 0 Å². The van der Waals surface area contributed by atoms with E-state index in [1.54, 1.807) is 0 Å². The van der Waals surface area contributed by atoms with Crippen LogP contribution in [0.25, 0.3) is 0 Å². The minimum absolute atomic E-state index is 0.363. The SMILES string of the molecule is CCCOC1C2OC(C)(C)OC2OC1[C@H](O)CO.